The molecule has 0 atom stereocenters. The second-order valence-electron chi connectivity index (χ2n) is 12.3. The second kappa shape index (κ2) is 12.6. The number of aliphatic imine (C=N–C) groups is 2. The number of fused-ring (bicyclic) bond motifs is 3. The van der Waals surface area contributed by atoms with Crippen LogP contribution in [0.3, 0.4) is 0 Å². The highest BCUT2D eigenvalue weighted by Crippen LogP contribution is 2.43. The predicted molar refractivity (Wildman–Crippen MR) is 206 cm³/mol. The fourth-order valence-electron chi connectivity index (χ4n) is 6.87. The lowest BCUT2D eigenvalue weighted by atomic mass is 9.86. The van der Waals surface area contributed by atoms with Gasteiger partial charge in [-0.2, -0.15) is 0 Å². The van der Waals surface area contributed by atoms with Crippen LogP contribution in [0, 0.1) is 0 Å². The van der Waals surface area contributed by atoms with Crippen molar-refractivity contribution in [1.82, 2.24) is 0 Å². The summed E-state index contributed by atoms with van der Waals surface area (Å²) in [5.74, 6) is 0.704. The molecule has 7 aromatic rings. The summed E-state index contributed by atoms with van der Waals surface area (Å²) >= 11 is 0. The Morgan fingerprint density at radius 3 is 1.58 bits per heavy atom. The molecule has 0 saturated carbocycles. The van der Waals surface area contributed by atoms with Crippen LogP contribution in [-0.4, -0.2) is 11.5 Å². The lowest BCUT2D eigenvalue weighted by molar-refractivity contribution is 1.25. The Hall–Kier alpha value is -6.12. The first-order valence-corrected chi connectivity index (χ1v) is 16.4. The van der Waals surface area contributed by atoms with Crippen molar-refractivity contribution in [3.05, 3.63) is 192 Å². The van der Waals surface area contributed by atoms with Crippen LogP contribution >= 0.6 is 0 Å². The zero-order valence-corrected chi connectivity index (χ0v) is 26.9. The molecule has 8 rings (SSSR count). The molecule has 1 aliphatic rings. The van der Waals surface area contributed by atoms with Crippen LogP contribution in [0.5, 0.6) is 0 Å². The number of hydrogen-bond acceptors (Lipinski definition) is 1. The SMILES string of the molecule is C=C(/N=C(\N=C(/C)c1ccc(-c2c3ccccc3c(-c3ccccc3)c3ccccc23)cc1)C1=Cc2ccccc2C1)c1ccccc1. The third-order valence-electron chi connectivity index (χ3n) is 9.26. The molecule has 0 N–H and O–H groups in total. The largest absolute Gasteiger partial charge is 0.233 e. The first-order valence-electron chi connectivity index (χ1n) is 16.4. The van der Waals surface area contributed by atoms with Crippen molar-refractivity contribution >= 4 is 44.9 Å². The molecule has 0 unspecified atom stereocenters. The van der Waals surface area contributed by atoms with Crippen molar-refractivity contribution < 1.29 is 0 Å². The van der Waals surface area contributed by atoms with E-state index in [1.165, 1.54) is 54.9 Å². The van der Waals surface area contributed by atoms with Crippen LogP contribution in [0.25, 0.3) is 55.6 Å². The Morgan fingerprint density at radius 1 is 0.500 bits per heavy atom. The summed E-state index contributed by atoms with van der Waals surface area (Å²) in [5, 5.41) is 5.00. The molecule has 1 aliphatic carbocycles. The summed E-state index contributed by atoms with van der Waals surface area (Å²) in [5.41, 5.74) is 12.2. The molecule has 48 heavy (non-hydrogen) atoms. The first-order chi connectivity index (χ1) is 23.6. The van der Waals surface area contributed by atoms with E-state index in [9.17, 15) is 0 Å². The van der Waals surface area contributed by atoms with Gasteiger partial charge in [-0.05, 0) is 79.1 Å². The van der Waals surface area contributed by atoms with E-state index >= 15 is 0 Å². The van der Waals surface area contributed by atoms with E-state index in [2.05, 4.69) is 147 Å². The summed E-state index contributed by atoms with van der Waals surface area (Å²) in [4.78, 5) is 10.2. The summed E-state index contributed by atoms with van der Waals surface area (Å²) in [6.45, 7) is 6.37. The second-order valence-corrected chi connectivity index (χ2v) is 12.3. The Bertz CT molecular complexity index is 2350. The maximum Gasteiger partial charge on any atom is 0.156 e. The van der Waals surface area contributed by atoms with Crippen LogP contribution in [0.1, 0.15) is 29.2 Å². The molecule has 0 saturated heterocycles. The van der Waals surface area contributed by atoms with Crippen LogP contribution in [0.4, 0.5) is 0 Å². The van der Waals surface area contributed by atoms with Gasteiger partial charge < -0.3 is 0 Å². The van der Waals surface area contributed by atoms with E-state index in [1.54, 1.807) is 0 Å². The minimum atomic E-state index is 0.701. The van der Waals surface area contributed by atoms with Gasteiger partial charge in [0.25, 0.3) is 0 Å². The van der Waals surface area contributed by atoms with Crippen molar-refractivity contribution in [2.24, 2.45) is 9.98 Å². The third-order valence-corrected chi connectivity index (χ3v) is 9.26. The number of nitrogens with zero attached hydrogens (tertiary/aromatic N) is 2. The molecule has 0 aliphatic heterocycles. The average molecular weight is 615 g/mol. The van der Waals surface area contributed by atoms with Gasteiger partial charge in [-0.1, -0.05) is 164 Å². The topological polar surface area (TPSA) is 24.7 Å². The lowest BCUT2D eigenvalue weighted by Gasteiger charge is -2.18. The third kappa shape index (κ3) is 5.48. The minimum Gasteiger partial charge on any atom is -0.233 e. The molecule has 2 nitrogen and oxygen atoms in total. The van der Waals surface area contributed by atoms with Crippen LogP contribution in [0.15, 0.2) is 180 Å². The van der Waals surface area contributed by atoms with Gasteiger partial charge >= 0.3 is 0 Å². The average Bonchev–Trinajstić information content (AvgIpc) is 3.59. The van der Waals surface area contributed by atoms with E-state index in [1.807, 2.05) is 30.3 Å². The molecule has 0 spiro atoms. The maximum atomic E-state index is 5.16. The van der Waals surface area contributed by atoms with Crippen LogP contribution in [0.2, 0.25) is 0 Å². The van der Waals surface area contributed by atoms with Gasteiger partial charge in [0.1, 0.15) is 0 Å². The molecule has 0 aromatic heterocycles. The molecule has 228 valence electrons. The number of amidine groups is 1. The molecule has 0 fully saturated rings. The standard InChI is InChI=1S/C46H34N2/c1-31(33-15-5-3-6-16-33)47-46(39-29-37-19-9-10-20-38(37)30-39)48-32(2)34-25-27-36(28-26-34)45-42-23-13-11-21-40(42)44(35-17-7-4-8-18-35)41-22-12-14-24-43(41)45/h3-29H,1,30H2,2H3/b47-46-,48-32+. The van der Waals surface area contributed by atoms with E-state index in [0.29, 0.717) is 11.5 Å². The monoisotopic (exact) mass is 614 g/mol. The van der Waals surface area contributed by atoms with Crippen molar-refractivity contribution in [2.45, 2.75) is 13.3 Å². The Kier molecular flexibility index (Phi) is 7.68. The van der Waals surface area contributed by atoms with Gasteiger partial charge in [0.05, 0.1) is 5.70 Å². The highest BCUT2D eigenvalue weighted by atomic mass is 14.9. The smallest absolute Gasteiger partial charge is 0.156 e. The lowest BCUT2D eigenvalue weighted by Crippen LogP contribution is -2.06. The fourth-order valence-corrected chi connectivity index (χ4v) is 6.87. The molecule has 0 amide bonds. The number of benzene rings is 7. The van der Waals surface area contributed by atoms with Gasteiger partial charge in [0.15, 0.2) is 5.84 Å². The van der Waals surface area contributed by atoms with Crippen LogP contribution in [-0.2, 0) is 6.42 Å². The van der Waals surface area contributed by atoms with Crippen molar-refractivity contribution in [3.63, 3.8) is 0 Å². The zero-order valence-electron chi connectivity index (χ0n) is 26.9. The van der Waals surface area contributed by atoms with Crippen LogP contribution < -0.4 is 0 Å². The molecule has 0 bridgehead atoms. The number of rotatable bonds is 6. The van der Waals surface area contributed by atoms with Gasteiger partial charge in [-0.3, -0.25) is 0 Å². The van der Waals surface area contributed by atoms with Gasteiger partial charge in [-0.15, -0.1) is 0 Å². The summed E-state index contributed by atoms with van der Waals surface area (Å²) < 4.78 is 0. The van der Waals surface area contributed by atoms with E-state index in [4.69, 9.17) is 9.98 Å². The maximum absolute atomic E-state index is 5.16. The Morgan fingerprint density at radius 2 is 1.00 bits per heavy atom. The highest BCUT2D eigenvalue weighted by Gasteiger charge is 2.19. The molecular weight excluding hydrogens is 581 g/mol. The Balaban J connectivity index is 1.21. The van der Waals surface area contributed by atoms with Gasteiger partial charge in [0, 0.05) is 17.7 Å². The number of hydrogen-bond donors (Lipinski definition) is 0. The van der Waals surface area contributed by atoms with Gasteiger partial charge in [-0.25, -0.2) is 9.98 Å². The van der Waals surface area contributed by atoms with E-state index in [0.717, 1.165) is 28.8 Å². The van der Waals surface area contributed by atoms with Crippen molar-refractivity contribution in [1.29, 1.82) is 0 Å². The molecule has 2 heteroatoms. The zero-order chi connectivity index (χ0) is 32.5. The molecule has 7 aromatic carbocycles. The Labute approximate surface area is 281 Å². The predicted octanol–water partition coefficient (Wildman–Crippen LogP) is 11.8. The quantitative estimate of drug-likeness (QED) is 0.101. The summed E-state index contributed by atoms with van der Waals surface area (Å²) in [6.07, 6.45) is 3.01. The van der Waals surface area contributed by atoms with E-state index < -0.39 is 0 Å². The normalized spacial score (nSPS) is 13.1. The molecular formula is C46H34N2. The first kappa shape index (κ1) is 29.3. The van der Waals surface area contributed by atoms with Crippen molar-refractivity contribution in [2.75, 3.05) is 0 Å². The summed E-state index contributed by atoms with van der Waals surface area (Å²) in [7, 11) is 0. The van der Waals surface area contributed by atoms with E-state index in [-0.39, 0.29) is 0 Å². The van der Waals surface area contributed by atoms with Gasteiger partial charge in [0.2, 0.25) is 0 Å². The molecule has 0 heterocycles. The molecule has 0 radical (unpaired) electrons. The van der Waals surface area contributed by atoms with Crippen molar-refractivity contribution in [3.8, 4) is 22.3 Å². The summed E-state index contributed by atoms with van der Waals surface area (Å²) in [6, 6.07) is 55.7. The fraction of sp³-hybridized carbons (Fsp3) is 0.0435. The minimum absolute atomic E-state index is 0.701. The highest BCUT2D eigenvalue weighted by molar-refractivity contribution is 6.21.